The average molecular weight is 617 g/mol. The van der Waals surface area contributed by atoms with Gasteiger partial charge in [0.05, 0.1) is 27.8 Å². The highest BCUT2D eigenvalue weighted by atomic mass is 19.4. The van der Waals surface area contributed by atoms with Gasteiger partial charge in [-0.1, -0.05) is 24.6 Å². The molecular formula is C33H31F3N6O3. The fourth-order valence-corrected chi connectivity index (χ4v) is 5.06. The van der Waals surface area contributed by atoms with Crippen molar-refractivity contribution in [2.24, 2.45) is 7.05 Å². The van der Waals surface area contributed by atoms with Crippen LogP contribution in [0.25, 0.3) is 22.2 Å². The fraction of sp³-hybridized carbons (Fsp3) is 0.273. The SMILES string of the molecule is COCc1nc2cc(-c3cccc(NC(=O)c4ccc(NC(=O)C=CCNC5CCC5)c(C#N)c4)c3)c(C(F)(F)F)cc2n1C. The molecule has 1 aliphatic rings. The van der Waals surface area contributed by atoms with Crippen LogP contribution in [-0.2, 0) is 29.4 Å². The van der Waals surface area contributed by atoms with Gasteiger partial charge in [-0.25, -0.2) is 4.98 Å². The van der Waals surface area contributed by atoms with Crippen molar-refractivity contribution in [2.75, 3.05) is 24.3 Å². The molecule has 12 heteroatoms. The molecule has 0 aliphatic heterocycles. The number of carbonyl (C=O) groups is 2. The lowest BCUT2D eigenvalue weighted by Gasteiger charge is -2.25. The molecule has 1 saturated carbocycles. The predicted octanol–water partition coefficient (Wildman–Crippen LogP) is 6.17. The molecule has 232 valence electrons. The van der Waals surface area contributed by atoms with E-state index in [-0.39, 0.29) is 40.2 Å². The molecule has 0 spiro atoms. The Kier molecular flexibility index (Phi) is 9.32. The summed E-state index contributed by atoms with van der Waals surface area (Å²) >= 11 is 0. The summed E-state index contributed by atoms with van der Waals surface area (Å²) in [7, 11) is 3.11. The van der Waals surface area contributed by atoms with Gasteiger partial charge < -0.3 is 25.3 Å². The molecule has 3 aromatic carbocycles. The number of anilines is 2. The molecule has 45 heavy (non-hydrogen) atoms. The van der Waals surface area contributed by atoms with Gasteiger partial charge in [-0.15, -0.1) is 0 Å². The summed E-state index contributed by atoms with van der Waals surface area (Å²) in [6, 6.07) is 15.2. The third kappa shape index (κ3) is 7.22. The third-order valence-corrected chi connectivity index (χ3v) is 7.68. The van der Waals surface area contributed by atoms with Crippen LogP contribution in [0.3, 0.4) is 0 Å². The lowest BCUT2D eigenvalue weighted by Crippen LogP contribution is -2.35. The fourth-order valence-electron chi connectivity index (χ4n) is 5.06. The van der Waals surface area contributed by atoms with Gasteiger partial charge in [-0.3, -0.25) is 9.59 Å². The van der Waals surface area contributed by atoms with Crippen molar-refractivity contribution < 1.29 is 27.5 Å². The smallest absolute Gasteiger partial charge is 0.377 e. The quantitative estimate of drug-likeness (QED) is 0.183. The Hall–Kier alpha value is -4.99. The van der Waals surface area contributed by atoms with Crippen molar-refractivity contribution in [3.63, 3.8) is 0 Å². The number of amides is 2. The number of nitrogens with zero attached hydrogens (tertiary/aromatic N) is 3. The summed E-state index contributed by atoms with van der Waals surface area (Å²) in [6.07, 6.45) is 1.92. The Balaban J connectivity index is 1.34. The topological polar surface area (TPSA) is 121 Å². The van der Waals surface area contributed by atoms with Crippen LogP contribution >= 0.6 is 0 Å². The number of methoxy groups -OCH3 is 1. The lowest BCUT2D eigenvalue weighted by atomic mass is 9.93. The maximum absolute atomic E-state index is 14.2. The molecule has 1 aromatic heterocycles. The number of aryl methyl sites for hydroxylation is 1. The van der Waals surface area contributed by atoms with Gasteiger partial charge in [0, 0.05) is 44.1 Å². The zero-order chi connectivity index (χ0) is 32.1. The first-order valence-electron chi connectivity index (χ1n) is 14.3. The van der Waals surface area contributed by atoms with Crippen LogP contribution in [0.15, 0.2) is 66.7 Å². The van der Waals surface area contributed by atoms with E-state index in [2.05, 4.69) is 20.9 Å². The molecule has 4 aromatic rings. The minimum atomic E-state index is -4.65. The van der Waals surface area contributed by atoms with Crippen LogP contribution < -0.4 is 16.0 Å². The molecule has 1 fully saturated rings. The van der Waals surface area contributed by atoms with Gasteiger partial charge in [0.1, 0.15) is 18.5 Å². The van der Waals surface area contributed by atoms with Crippen LogP contribution in [-0.4, -0.2) is 41.1 Å². The molecule has 1 heterocycles. The highest BCUT2D eigenvalue weighted by Crippen LogP contribution is 2.40. The Morgan fingerprint density at radius 1 is 1.13 bits per heavy atom. The highest BCUT2D eigenvalue weighted by molar-refractivity contribution is 6.06. The number of nitrogens with one attached hydrogen (secondary N) is 3. The summed E-state index contributed by atoms with van der Waals surface area (Å²) in [5.74, 6) is -0.508. The minimum absolute atomic E-state index is 0.0806. The second-order valence-corrected chi connectivity index (χ2v) is 10.7. The third-order valence-electron chi connectivity index (χ3n) is 7.68. The Morgan fingerprint density at radius 3 is 2.62 bits per heavy atom. The number of alkyl halides is 3. The van der Waals surface area contributed by atoms with E-state index >= 15 is 0 Å². The summed E-state index contributed by atoms with van der Waals surface area (Å²) in [5, 5.41) is 18.3. The monoisotopic (exact) mass is 616 g/mol. The minimum Gasteiger partial charge on any atom is -0.377 e. The van der Waals surface area contributed by atoms with E-state index in [4.69, 9.17) is 4.74 Å². The normalized spacial score (nSPS) is 13.5. The summed E-state index contributed by atoms with van der Waals surface area (Å²) in [4.78, 5) is 29.9. The molecule has 0 atom stereocenters. The average Bonchev–Trinajstić information content (AvgIpc) is 3.29. The van der Waals surface area contributed by atoms with Crippen molar-refractivity contribution in [3.8, 4) is 17.2 Å². The van der Waals surface area contributed by atoms with E-state index in [0.717, 1.165) is 18.9 Å². The molecule has 9 nitrogen and oxygen atoms in total. The number of fused-ring (bicyclic) bond motifs is 1. The summed E-state index contributed by atoms with van der Waals surface area (Å²) in [5.41, 5.74) is 0.696. The number of aromatic nitrogens is 2. The molecule has 0 bridgehead atoms. The molecule has 1 aliphatic carbocycles. The maximum Gasteiger partial charge on any atom is 0.417 e. The van der Waals surface area contributed by atoms with Crippen molar-refractivity contribution in [1.82, 2.24) is 14.9 Å². The highest BCUT2D eigenvalue weighted by Gasteiger charge is 2.35. The van der Waals surface area contributed by atoms with Gasteiger partial charge in [0.15, 0.2) is 0 Å². The van der Waals surface area contributed by atoms with E-state index in [9.17, 15) is 28.0 Å². The molecular weight excluding hydrogens is 585 g/mol. The number of benzene rings is 3. The molecule has 5 rings (SSSR count). The molecule has 2 amide bonds. The van der Waals surface area contributed by atoms with E-state index < -0.39 is 23.6 Å². The number of hydrogen-bond donors (Lipinski definition) is 3. The lowest BCUT2D eigenvalue weighted by molar-refractivity contribution is -0.137. The number of ether oxygens (including phenoxy) is 1. The van der Waals surface area contributed by atoms with Gasteiger partial charge >= 0.3 is 6.18 Å². The Bertz CT molecular complexity index is 1820. The van der Waals surface area contributed by atoms with Crippen LogP contribution in [0.2, 0.25) is 0 Å². The van der Waals surface area contributed by atoms with Gasteiger partial charge in [0.2, 0.25) is 5.91 Å². The number of rotatable bonds is 10. The Labute approximate surface area is 257 Å². The number of nitriles is 1. The second-order valence-electron chi connectivity index (χ2n) is 10.7. The number of hydrogen-bond acceptors (Lipinski definition) is 6. The second kappa shape index (κ2) is 13.3. The first kappa shape index (κ1) is 31.4. The van der Waals surface area contributed by atoms with Crippen molar-refractivity contribution in [3.05, 3.63) is 89.3 Å². The largest absolute Gasteiger partial charge is 0.417 e. The first-order chi connectivity index (χ1) is 21.6. The van der Waals surface area contributed by atoms with Crippen LogP contribution in [0.1, 0.15) is 46.6 Å². The number of halogens is 3. The molecule has 3 N–H and O–H groups in total. The van der Waals surface area contributed by atoms with Crippen LogP contribution in [0.5, 0.6) is 0 Å². The van der Waals surface area contributed by atoms with Crippen LogP contribution in [0, 0.1) is 11.3 Å². The Morgan fingerprint density at radius 2 is 1.93 bits per heavy atom. The zero-order valence-corrected chi connectivity index (χ0v) is 24.7. The van der Waals surface area contributed by atoms with Crippen molar-refractivity contribution >= 4 is 34.2 Å². The molecule has 0 radical (unpaired) electrons. The standard InChI is InChI=1S/C33H31F3N6O3/c1-42-29-17-26(33(34,35)36)25(16-28(29)40-30(42)19-45-2)20-6-3-9-24(15-20)39-32(44)21-11-12-27(22(14-21)18-37)41-31(43)10-5-13-38-23-7-4-8-23/h3,5-6,9-12,14-17,23,38H,4,7-8,13,19H2,1-2H3,(H,39,44)(H,41,43). The van der Waals surface area contributed by atoms with E-state index in [1.54, 1.807) is 29.8 Å². The predicted molar refractivity (Wildman–Crippen MR) is 164 cm³/mol. The summed E-state index contributed by atoms with van der Waals surface area (Å²) < 4.78 is 49.3. The molecule has 0 unspecified atom stereocenters. The van der Waals surface area contributed by atoms with Gasteiger partial charge in [-0.05, 0) is 66.4 Å². The first-order valence-corrected chi connectivity index (χ1v) is 14.3. The van der Waals surface area contributed by atoms with Gasteiger partial charge in [-0.2, -0.15) is 18.4 Å². The number of imidazole rings is 1. The van der Waals surface area contributed by atoms with Crippen molar-refractivity contribution in [2.45, 2.75) is 38.1 Å². The number of carbonyl (C=O) groups excluding carboxylic acids is 2. The maximum atomic E-state index is 14.2. The van der Waals surface area contributed by atoms with Crippen LogP contribution in [0.4, 0.5) is 24.5 Å². The summed E-state index contributed by atoms with van der Waals surface area (Å²) in [6.45, 7) is 0.702. The van der Waals surface area contributed by atoms with E-state index in [0.29, 0.717) is 29.4 Å². The van der Waals surface area contributed by atoms with Gasteiger partial charge in [0.25, 0.3) is 5.91 Å². The zero-order valence-electron chi connectivity index (χ0n) is 24.7. The van der Waals surface area contributed by atoms with Crippen molar-refractivity contribution in [1.29, 1.82) is 5.26 Å². The molecule has 0 saturated heterocycles. The van der Waals surface area contributed by atoms with E-state index in [1.807, 2.05) is 6.07 Å². The van der Waals surface area contributed by atoms with E-state index in [1.165, 1.54) is 56.0 Å².